The molecule has 0 spiro atoms. The van der Waals surface area contributed by atoms with E-state index in [2.05, 4.69) is 41.9 Å². The average Bonchev–Trinajstić information content (AvgIpc) is 2.76. The number of hydrogen-bond donors (Lipinski definition) is 2. The van der Waals surface area contributed by atoms with Crippen molar-refractivity contribution in [3.63, 3.8) is 0 Å². The number of hydrogen-bond acceptors (Lipinski definition) is 4. The van der Waals surface area contributed by atoms with Crippen molar-refractivity contribution >= 4 is 15.9 Å². The molecule has 0 aliphatic carbocycles. The fourth-order valence-electron chi connectivity index (χ4n) is 1.25. The molecule has 1 aromatic heterocycles. The fraction of sp³-hybridized carbons (Fsp3) is 0.222. The minimum Gasteiger partial charge on any atom is -0.306 e. The molecule has 7 heteroatoms. The number of benzene rings is 1. The van der Waals surface area contributed by atoms with Gasteiger partial charge < -0.3 is 5.32 Å². The molecule has 0 amide bonds. The fourth-order valence-corrected chi connectivity index (χ4v) is 1.63. The van der Waals surface area contributed by atoms with Crippen molar-refractivity contribution in [3.8, 4) is 0 Å². The average molecular weight is 286 g/mol. The number of rotatable bonds is 4. The van der Waals surface area contributed by atoms with E-state index in [0.29, 0.717) is 18.9 Å². The third-order valence-corrected chi connectivity index (χ3v) is 2.77. The Labute approximate surface area is 99.6 Å². The quantitative estimate of drug-likeness (QED) is 0.891. The van der Waals surface area contributed by atoms with Gasteiger partial charge in [-0.3, -0.25) is 0 Å². The molecule has 0 aliphatic heterocycles. The monoisotopic (exact) mass is 285 g/mol. The number of nitrogens with zero attached hydrogens (tertiary/aromatic N) is 3. The van der Waals surface area contributed by atoms with E-state index >= 15 is 0 Å². The first kappa shape index (κ1) is 11.2. The van der Waals surface area contributed by atoms with E-state index in [-0.39, 0.29) is 5.82 Å². The van der Waals surface area contributed by atoms with Crippen LogP contribution in [0.25, 0.3) is 0 Å². The number of H-pyrrole nitrogens is 1. The van der Waals surface area contributed by atoms with Crippen LogP contribution in [0.3, 0.4) is 0 Å². The Kier molecular flexibility index (Phi) is 3.58. The second-order valence-electron chi connectivity index (χ2n) is 3.17. The van der Waals surface area contributed by atoms with Crippen molar-refractivity contribution in [2.75, 3.05) is 0 Å². The van der Waals surface area contributed by atoms with Gasteiger partial charge in [0.25, 0.3) is 0 Å². The van der Waals surface area contributed by atoms with Crippen LogP contribution in [0.4, 0.5) is 4.39 Å². The molecule has 0 radical (unpaired) electrons. The van der Waals surface area contributed by atoms with Gasteiger partial charge in [-0.15, -0.1) is 10.2 Å². The van der Waals surface area contributed by atoms with Crippen molar-refractivity contribution < 1.29 is 4.39 Å². The van der Waals surface area contributed by atoms with Crippen LogP contribution in [0.2, 0.25) is 0 Å². The maximum Gasteiger partial charge on any atom is 0.188 e. The largest absolute Gasteiger partial charge is 0.306 e. The van der Waals surface area contributed by atoms with Crippen LogP contribution in [0.1, 0.15) is 11.4 Å². The molecule has 5 nitrogen and oxygen atoms in total. The first-order chi connectivity index (χ1) is 7.75. The van der Waals surface area contributed by atoms with Gasteiger partial charge in [-0.1, -0.05) is 21.1 Å². The first-order valence-electron chi connectivity index (χ1n) is 4.62. The Balaban J connectivity index is 1.92. The summed E-state index contributed by atoms with van der Waals surface area (Å²) in [4.78, 5) is 0. The van der Waals surface area contributed by atoms with Crippen LogP contribution in [0.15, 0.2) is 22.7 Å². The molecular weight excluding hydrogens is 277 g/mol. The summed E-state index contributed by atoms with van der Waals surface area (Å²) in [7, 11) is 0. The third kappa shape index (κ3) is 2.83. The summed E-state index contributed by atoms with van der Waals surface area (Å²) in [5.74, 6) is 0.326. The molecule has 2 N–H and O–H groups in total. The lowest BCUT2D eigenvalue weighted by Gasteiger charge is -2.05. The van der Waals surface area contributed by atoms with Crippen LogP contribution in [0, 0.1) is 5.82 Å². The number of nitrogens with one attached hydrogen (secondary N) is 2. The second kappa shape index (κ2) is 5.13. The van der Waals surface area contributed by atoms with Crippen LogP contribution < -0.4 is 5.32 Å². The Morgan fingerprint density at radius 2 is 2.25 bits per heavy atom. The van der Waals surface area contributed by atoms with E-state index in [9.17, 15) is 4.39 Å². The van der Waals surface area contributed by atoms with Crippen LogP contribution >= 0.6 is 15.9 Å². The molecule has 0 saturated carbocycles. The molecule has 2 aromatic rings. The van der Waals surface area contributed by atoms with E-state index in [0.717, 1.165) is 10.0 Å². The Bertz CT molecular complexity index is 459. The maximum absolute atomic E-state index is 13.0. The SMILES string of the molecule is Fc1ccc(Br)c(CNCc2nn[nH]n2)c1. The first-order valence-corrected chi connectivity index (χ1v) is 5.42. The molecule has 0 aliphatic rings. The highest BCUT2D eigenvalue weighted by atomic mass is 79.9. The highest BCUT2D eigenvalue weighted by Gasteiger charge is 2.02. The van der Waals surface area contributed by atoms with Gasteiger partial charge in [0, 0.05) is 11.0 Å². The van der Waals surface area contributed by atoms with Gasteiger partial charge >= 0.3 is 0 Å². The van der Waals surface area contributed by atoms with Gasteiger partial charge in [-0.2, -0.15) is 5.21 Å². The normalized spacial score (nSPS) is 10.6. The topological polar surface area (TPSA) is 66.5 Å². The molecule has 2 rings (SSSR count). The zero-order valence-corrected chi connectivity index (χ0v) is 9.83. The van der Waals surface area contributed by atoms with Gasteiger partial charge in [0.1, 0.15) is 5.82 Å². The minimum absolute atomic E-state index is 0.250. The Hall–Kier alpha value is -1.34. The highest BCUT2D eigenvalue weighted by molar-refractivity contribution is 9.10. The summed E-state index contributed by atoms with van der Waals surface area (Å²) in [5.41, 5.74) is 0.850. The molecule has 0 saturated heterocycles. The van der Waals surface area contributed by atoms with Crippen molar-refractivity contribution in [3.05, 3.63) is 39.9 Å². The second-order valence-corrected chi connectivity index (χ2v) is 4.02. The van der Waals surface area contributed by atoms with E-state index in [1.807, 2.05) is 0 Å². The molecule has 16 heavy (non-hydrogen) atoms. The summed E-state index contributed by atoms with van der Waals surface area (Å²) in [6.07, 6.45) is 0. The summed E-state index contributed by atoms with van der Waals surface area (Å²) < 4.78 is 13.8. The standard InChI is InChI=1S/C9H9BrFN5/c10-8-2-1-7(11)3-6(8)4-12-5-9-13-15-16-14-9/h1-3,12H,4-5H2,(H,13,14,15,16). The van der Waals surface area contributed by atoms with E-state index in [1.165, 1.54) is 12.1 Å². The Morgan fingerprint density at radius 1 is 1.38 bits per heavy atom. The third-order valence-electron chi connectivity index (χ3n) is 2.00. The van der Waals surface area contributed by atoms with E-state index in [4.69, 9.17) is 0 Å². The van der Waals surface area contributed by atoms with Crippen LogP contribution in [-0.4, -0.2) is 20.6 Å². The van der Waals surface area contributed by atoms with Gasteiger partial charge in [-0.25, -0.2) is 4.39 Å². The smallest absolute Gasteiger partial charge is 0.188 e. The molecule has 0 unspecified atom stereocenters. The summed E-state index contributed by atoms with van der Waals surface area (Å²) in [6, 6.07) is 4.57. The molecule has 84 valence electrons. The van der Waals surface area contributed by atoms with Gasteiger partial charge in [-0.05, 0) is 23.8 Å². The number of tetrazole rings is 1. The van der Waals surface area contributed by atoms with Gasteiger partial charge in [0.2, 0.25) is 0 Å². The molecule has 0 bridgehead atoms. The summed E-state index contributed by atoms with van der Waals surface area (Å²) in [6.45, 7) is 1.02. The predicted molar refractivity (Wildman–Crippen MR) is 58.8 cm³/mol. The zero-order valence-electron chi connectivity index (χ0n) is 8.24. The van der Waals surface area contributed by atoms with Crippen LogP contribution in [0.5, 0.6) is 0 Å². The number of halogens is 2. The lowest BCUT2D eigenvalue weighted by Crippen LogP contribution is -2.14. The number of aromatic amines is 1. The van der Waals surface area contributed by atoms with E-state index in [1.54, 1.807) is 6.07 Å². The van der Waals surface area contributed by atoms with Crippen molar-refractivity contribution in [1.82, 2.24) is 25.9 Å². The lowest BCUT2D eigenvalue weighted by atomic mass is 10.2. The molecule has 1 aromatic carbocycles. The Morgan fingerprint density at radius 3 is 3.00 bits per heavy atom. The maximum atomic E-state index is 13.0. The van der Waals surface area contributed by atoms with E-state index < -0.39 is 0 Å². The molecule has 0 fully saturated rings. The highest BCUT2D eigenvalue weighted by Crippen LogP contribution is 2.17. The van der Waals surface area contributed by atoms with Gasteiger partial charge in [0.15, 0.2) is 5.82 Å². The number of aromatic nitrogens is 4. The minimum atomic E-state index is -0.250. The predicted octanol–water partition coefficient (Wildman–Crippen LogP) is 1.39. The summed E-state index contributed by atoms with van der Waals surface area (Å²) >= 11 is 3.35. The lowest BCUT2D eigenvalue weighted by molar-refractivity contribution is 0.616. The molecular formula is C9H9BrFN5. The molecule has 1 heterocycles. The van der Waals surface area contributed by atoms with Gasteiger partial charge in [0.05, 0.1) is 6.54 Å². The molecule has 0 atom stereocenters. The van der Waals surface area contributed by atoms with Crippen molar-refractivity contribution in [2.24, 2.45) is 0 Å². The summed E-state index contributed by atoms with van der Waals surface area (Å²) in [5, 5.41) is 16.5. The van der Waals surface area contributed by atoms with Crippen molar-refractivity contribution in [2.45, 2.75) is 13.1 Å². The van der Waals surface area contributed by atoms with Crippen molar-refractivity contribution in [1.29, 1.82) is 0 Å². The zero-order chi connectivity index (χ0) is 11.4. The van der Waals surface area contributed by atoms with Crippen LogP contribution in [-0.2, 0) is 13.1 Å².